The van der Waals surface area contributed by atoms with Gasteiger partial charge in [-0.3, -0.25) is 0 Å². The molecule has 6 heteroatoms. The van der Waals surface area contributed by atoms with E-state index in [4.69, 9.17) is 4.74 Å². The van der Waals surface area contributed by atoms with Crippen molar-refractivity contribution in [3.63, 3.8) is 0 Å². The highest BCUT2D eigenvalue weighted by molar-refractivity contribution is 9.10. The van der Waals surface area contributed by atoms with Crippen molar-refractivity contribution in [1.82, 2.24) is 9.88 Å². The van der Waals surface area contributed by atoms with Gasteiger partial charge in [-0.25, -0.2) is 9.78 Å². The Kier molecular flexibility index (Phi) is 6.64. The van der Waals surface area contributed by atoms with Gasteiger partial charge in [-0.2, -0.15) is 0 Å². The molecule has 26 heavy (non-hydrogen) atoms. The molecule has 1 aromatic carbocycles. The van der Waals surface area contributed by atoms with Crippen LogP contribution in [0.2, 0.25) is 0 Å². The van der Waals surface area contributed by atoms with Crippen LogP contribution < -0.4 is 0 Å². The Hall–Kier alpha value is -1.66. The average molecular weight is 423 g/mol. The summed E-state index contributed by atoms with van der Waals surface area (Å²) in [5, 5.41) is 12.0. The highest BCUT2D eigenvalue weighted by Crippen LogP contribution is 2.31. The minimum absolute atomic E-state index is 0.396. The number of amides is 1. The number of fused-ring (bicyclic) bond motifs is 1. The second-order valence-electron chi connectivity index (χ2n) is 7.24. The zero-order valence-corrected chi connectivity index (χ0v) is 17.6. The van der Waals surface area contributed by atoms with Gasteiger partial charge in [0.15, 0.2) is 0 Å². The number of carbonyl (C=O) groups is 1. The van der Waals surface area contributed by atoms with Gasteiger partial charge in [0, 0.05) is 11.9 Å². The number of likely N-dealkylation sites (N-methyl/N-ethyl adjacent to an activating group) is 1. The number of carbonyl (C=O) groups excluding carboxylic acids is 1. The Labute approximate surface area is 163 Å². The summed E-state index contributed by atoms with van der Waals surface area (Å²) in [4.78, 5) is 18.7. The molecule has 1 amide bonds. The normalized spacial score (nSPS) is 14.1. The number of halogens is 1. The highest BCUT2D eigenvalue weighted by Gasteiger charge is 2.32. The maximum atomic E-state index is 12.6. The Morgan fingerprint density at radius 3 is 2.54 bits per heavy atom. The zero-order chi connectivity index (χ0) is 19.5. The first kappa shape index (κ1) is 20.6. The van der Waals surface area contributed by atoms with Crippen molar-refractivity contribution >= 4 is 32.9 Å². The van der Waals surface area contributed by atoms with E-state index in [-0.39, 0.29) is 0 Å². The average Bonchev–Trinajstić information content (AvgIpc) is 2.56. The Morgan fingerprint density at radius 2 is 1.96 bits per heavy atom. The van der Waals surface area contributed by atoms with Crippen LogP contribution in [0.25, 0.3) is 10.9 Å². The summed E-state index contributed by atoms with van der Waals surface area (Å²) in [6.45, 7) is 9.81. The molecule has 2 unspecified atom stereocenters. The molecule has 2 atom stereocenters. The molecule has 0 spiro atoms. The molecule has 0 fully saturated rings. The predicted octanol–water partition coefficient (Wildman–Crippen LogP) is 5.07. The predicted molar refractivity (Wildman–Crippen MR) is 107 cm³/mol. The number of aromatic nitrogens is 1. The lowest BCUT2D eigenvalue weighted by atomic mass is 9.96. The van der Waals surface area contributed by atoms with Gasteiger partial charge in [-0.05, 0) is 67.7 Å². The first-order valence-corrected chi connectivity index (χ1v) is 9.70. The van der Waals surface area contributed by atoms with Crippen LogP contribution in [-0.2, 0) is 4.74 Å². The standard InChI is InChI=1S/C20H27BrN2O3/c1-6-16(23(7-2)19(25)26-20(3,4)5)18(24)14-12-17(21)22-15-11-9-8-10-13(14)15/h8-12,16,18,24H,6-7H2,1-5H3. The number of aliphatic hydroxyl groups is 1. The molecule has 5 nitrogen and oxygen atoms in total. The van der Waals surface area contributed by atoms with Crippen LogP contribution in [0.1, 0.15) is 52.7 Å². The smallest absolute Gasteiger partial charge is 0.410 e. The van der Waals surface area contributed by atoms with E-state index in [1.54, 1.807) is 4.90 Å². The molecular formula is C20H27BrN2O3. The SMILES string of the molecule is CCC(C(O)c1cc(Br)nc2ccccc12)N(CC)C(=O)OC(C)(C)C. The first-order chi connectivity index (χ1) is 12.2. The Balaban J connectivity index is 2.42. The number of hydrogen-bond acceptors (Lipinski definition) is 4. The molecule has 2 rings (SSSR count). The molecule has 1 N–H and O–H groups in total. The number of hydrogen-bond donors (Lipinski definition) is 1. The molecule has 0 bridgehead atoms. The van der Waals surface area contributed by atoms with Gasteiger partial charge in [0.05, 0.1) is 11.6 Å². The third-order valence-corrected chi connectivity index (χ3v) is 4.59. The van der Waals surface area contributed by atoms with E-state index < -0.39 is 23.8 Å². The number of aliphatic hydroxyl groups excluding tert-OH is 1. The van der Waals surface area contributed by atoms with E-state index in [2.05, 4.69) is 20.9 Å². The summed E-state index contributed by atoms with van der Waals surface area (Å²) >= 11 is 3.42. The molecule has 1 heterocycles. The molecule has 0 aliphatic carbocycles. The van der Waals surface area contributed by atoms with Crippen molar-refractivity contribution in [1.29, 1.82) is 0 Å². The second-order valence-corrected chi connectivity index (χ2v) is 8.05. The summed E-state index contributed by atoms with van der Waals surface area (Å²) in [6.07, 6.45) is -0.664. The Bertz CT molecular complexity index is 773. The topological polar surface area (TPSA) is 62.7 Å². The van der Waals surface area contributed by atoms with E-state index >= 15 is 0 Å². The van der Waals surface area contributed by atoms with E-state index in [0.717, 1.165) is 16.5 Å². The summed E-state index contributed by atoms with van der Waals surface area (Å²) < 4.78 is 6.18. The molecule has 0 aliphatic rings. The quantitative estimate of drug-likeness (QED) is 0.683. The third kappa shape index (κ3) is 4.74. The number of para-hydroxylation sites is 1. The fourth-order valence-corrected chi connectivity index (χ4v) is 3.49. The fraction of sp³-hybridized carbons (Fsp3) is 0.500. The van der Waals surface area contributed by atoms with Gasteiger partial charge >= 0.3 is 6.09 Å². The minimum Gasteiger partial charge on any atom is -0.444 e. The summed E-state index contributed by atoms with van der Waals surface area (Å²) in [6, 6.07) is 9.09. The number of ether oxygens (including phenoxy) is 1. The lowest BCUT2D eigenvalue weighted by Crippen LogP contribution is -2.45. The van der Waals surface area contributed by atoms with Crippen LogP contribution in [0.5, 0.6) is 0 Å². The van der Waals surface area contributed by atoms with Crippen LogP contribution in [0.15, 0.2) is 34.9 Å². The molecular weight excluding hydrogens is 396 g/mol. The van der Waals surface area contributed by atoms with Crippen molar-refractivity contribution in [2.75, 3.05) is 6.54 Å². The van der Waals surface area contributed by atoms with Crippen LogP contribution in [0, 0.1) is 0 Å². The van der Waals surface area contributed by atoms with Crippen LogP contribution in [0.4, 0.5) is 4.79 Å². The number of benzene rings is 1. The number of nitrogens with zero attached hydrogens (tertiary/aromatic N) is 2. The number of rotatable bonds is 5. The van der Waals surface area contributed by atoms with E-state index in [0.29, 0.717) is 17.6 Å². The van der Waals surface area contributed by atoms with Crippen LogP contribution >= 0.6 is 15.9 Å². The van der Waals surface area contributed by atoms with Gasteiger partial charge < -0.3 is 14.7 Å². The van der Waals surface area contributed by atoms with Crippen LogP contribution in [-0.4, -0.2) is 39.3 Å². The summed E-state index contributed by atoms with van der Waals surface area (Å²) in [5.41, 5.74) is 0.961. The fourth-order valence-electron chi connectivity index (χ4n) is 3.05. The maximum absolute atomic E-state index is 12.6. The van der Waals surface area contributed by atoms with E-state index in [1.807, 2.05) is 65.0 Å². The van der Waals surface area contributed by atoms with Gasteiger partial charge in [0.2, 0.25) is 0 Å². The minimum atomic E-state index is -0.850. The zero-order valence-electron chi connectivity index (χ0n) is 16.0. The van der Waals surface area contributed by atoms with E-state index in [1.165, 1.54) is 0 Å². The molecule has 0 radical (unpaired) electrons. The second kappa shape index (κ2) is 8.35. The van der Waals surface area contributed by atoms with Crippen molar-refractivity contribution < 1.29 is 14.6 Å². The van der Waals surface area contributed by atoms with Gasteiger partial charge in [0.25, 0.3) is 0 Å². The van der Waals surface area contributed by atoms with Gasteiger partial charge in [-0.1, -0.05) is 25.1 Å². The summed E-state index contributed by atoms with van der Waals surface area (Å²) in [5.74, 6) is 0. The summed E-state index contributed by atoms with van der Waals surface area (Å²) in [7, 11) is 0. The van der Waals surface area contributed by atoms with Gasteiger partial charge in [-0.15, -0.1) is 0 Å². The van der Waals surface area contributed by atoms with Crippen molar-refractivity contribution in [2.24, 2.45) is 0 Å². The molecule has 0 aliphatic heterocycles. The third-order valence-electron chi connectivity index (χ3n) is 4.19. The van der Waals surface area contributed by atoms with Crippen molar-refractivity contribution in [3.8, 4) is 0 Å². The Morgan fingerprint density at radius 1 is 1.31 bits per heavy atom. The lowest BCUT2D eigenvalue weighted by Gasteiger charge is -2.35. The molecule has 2 aromatic rings. The maximum Gasteiger partial charge on any atom is 0.410 e. The molecule has 0 saturated heterocycles. The molecule has 0 saturated carbocycles. The molecule has 1 aromatic heterocycles. The monoisotopic (exact) mass is 422 g/mol. The first-order valence-electron chi connectivity index (χ1n) is 8.90. The van der Waals surface area contributed by atoms with E-state index in [9.17, 15) is 9.90 Å². The van der Waals surface area contributed by atoms with Crippen LogP contribution in [0.3, 0.4) is 0 Å². The van der Waals surface area contributed by atoms with Gasteiger partial charge in [0.1, 0.15) is 16.3 Å². The largest absolute Gasteiger partial charge is 0.444 e. The lowest BCUT2D eigenvalue weighted by molar-refractivity contribution is -0.00553. The number of pyridine rings is 1. The van der Waals surface area contributed by atoms with Crippen molar-refractivity contribution in [2.45, 2.75) is 58.8 Å². The van der Waals surface area contributed by atoms with Crippen molar-refractivity contribution in [3.05, 3.63) is 40.5 Å². The highest BCUT2D eigenvalue weighted by atomic mass is 79.9. The molecule has 142 valence electrons.